The minimum Gasteiger partial charge on any atom is -0.329 e. The van der Waals surface area contributed by atoms with Crippen molar-refractivity contribution in [3.8, 4) is 0 Å². The van der Waals surface area contributed by atoms with Gasteiger partial charge in [0.05, 0.1) is 0 Å². The lowest BCUT2D eigenvalue weighted by molar-refractivity contribution is 0.0371. The molecule has 0 aromatic carbocycles. The van der Waals surface area contributed by atoms with Crippen LogP contribution in [0.1, 0.15) is 65.7 Å². The van der Waals surface area contributed by atoms with Crippen LogP contribution in [0, 0.1) is 11.3 Å². The molecule has 1 atom stereocenters. The van der Waals surface area contributed by atoms with Crippen molar-refractivity contribution in [3.63, 3.8) is 0 Å². The Morgan fingerprint density at radius 1 is 1.17 bits per heavy atom. The van der Waals surface area contributed by atoms with Gasteiger partial charge in [0, 0.05) is 18.6 Å². The normalized spacial score (nSPS) is 31.7. The quantitative estimate of drug-likeness (QED) is 0.831. The molecule has 1 saturated carbocycles. The van der Waals surface area contributed by atoms with Crippen LogP contribution in [0.2, 0.25) is 0 Å². The summed E-state index contributed by atoms with van der Waals surface area (Å²) in [6.45, 7) is 10.6. The van der Waals surface area contributed by atoms with Crippen LogP contribution in [0.25, 0.3) is 0 Å². The van der Waals surface area contributed by atoms with E-state index >= 15 is 0 Å². The van der Waals surface area contributed by atoms with Crippen LogP contribution in [0.5, 0.6) is 0 Å². The van der Waals surface area contributed by atoms with Crippen molar-refractivity contribution in [2.24, 2.45) is 17.1 Å². The largest absolute Gasteiger partial charge is 0.329 e. The molecule has 1 unspecified atom stereocenters. The standard InChI is InChI=1S/C16H32N2/c1-4-5-14-6-11-18(12-14)16(13-17)9-7-15(2,3)8-10-16/h14H,4-13,17H2,1-3H3. The molecule has 1 aliphatic carbocycles. The average Bonchev–Trinajstić information content (AvgIpc) is 2.80. The molecule has 0 spiro atoms. The molecule has 2 nitrogen and oxygen atoms in total. The molecular weight excluding hydrogens is 220 g/mol. The van der Waals surface area contributed by atoms with Crippen molar-refractivity contribution < 1.29 is 0 Å². The molecule has 2 rings (SSSR count). The summed E-state index contributed by atoms with van der Waals surface area (Å²) in [6.07, 6.45) is 9.46. The van der Waals surface area contributed by atoms with E-state index in [1.165, 1.54) is 58.0 Å². The first kappa shape index (κ1) is 14.3. The van der Waals surface area contributed by atoms with Gasteiger partial charge in [0.1, 0.15) is 0 Å². The van der Waals surface area contributed by atoms with Crippen molar-refractivity contribution in [2.75, 3.05) is 19.6 Å². The maximum absolute atomic E-state index is 6.18. The number of rotatable bonds is 4. The second-order valence-electron chi connectivity index (χ2n) is 7.48. The molecule has 106 valence electrons. The maximum atomic E-state index is 6.18. The second-order valence-corrected chi connectivity index (χ2v) is 7.48. The Bertz CT molecular complexity index is 262. The lowest BCUT2D eigenvalue weighted by Gasteiger charge is -2.48. The van der Waals surface area contributed by atoms with Gasteiger partial charge >= 0.3 is 0 Å². The van der Waals surface area contributed by atoms with Crippen LogP contribution < -0.4 is 5.73 Å². The molecule has 1 heterocycles. The Kier molecular flexibility index (Phi) is 4.38. The number of nitrogens with zero attached hydrogens (tertiary/aromatic N) is 1. The Balaban J connectivity index is 1.97. The predicted octanol–water partition coefficient (Wildman–Crippen LogP) is 3.41. The van der Waals surface area contributed by atoms with Crippen molar-refractivity contribution in [2.45, 2.75) is 71.3 Å². The first-order chi connectivity index (χ1) is 8.51. The molecule has 2 fully saturated rings. The Hall–Kier alpha value is -0.0800. The summed E-state index contributed by atoms with van der Waals surface area (Å²) < 4.78 is 0. The number of likely N-dealkylation sites (tertiary alicyclic amines) is 1. The van der Waals surface area contributed by atoms with E-state index in [2.05, 4.69) is 25.7 Å². The molecule has 1 aliphatic heterocycles. The van der Waals surface area contributed by atoms with E-state index in [1.54, 1.807) is 0 Å². The van der Waals surface area contributed by atoms with E-state index in [9.17, 15) is 0 Å². The van der Waals surface area contributed by atoms with Crippen LogP contribution in [-0.2, 0) is 0 Å². The van der Waals surface area contributed by atoms with Gasteiger partial charge in [-0.2, -0.15) is 0 Å². The summed E-state index contributed by atoms with van der Waals surface area (Å²) in [5.74, 6) is 0.938. The molecular formula is C16H32N2. The first-order valence-corrected chi connectivity index (χ1v) is 7.96. The molecule has 0 amide bonds. The fourth-order valence-corrected chi connectivity index (χ4v) is 3.95. The Morgan fingerprint density at radius 3 is 2.39 bits per heavy atom. The van der Waals surface area contributed by atoms with Gasteiger partial charge in [-0.1, -0.05) is 27.2 Å². The highest BCUT2D eigenvalue weighted by molar-refractivity contribution is 5.00. The van der Waals surface area contributed by atoms with E-state index in [1.807, 2.05) is 0 Å². The average molecular weight is 252 g/mol. The van der Waals surface area contributed by atoms with E-state index in [-0.39, 0.29) is 0 Å². The van der Waals surface area contributed by atoms with Crippen molar-refractivity contribution >= 4 is 0 Å². The third kappa shape index (κ3) is 2.91. The summed E-state index contributed by atoms with van der Waals surface area (Å²) in [5, 5.41) is 0. The van der Waals surface area contributed by atoms with Crippen molar-refractivity contribution in [1.29, 1.82) is 0 Å². The zero-order chi connectivity index (χ0) is 13.2. The van der Waals surface area contributed by atoms with Gasteiger partial charge in [-0.05, 0) is 56.4 Å². The fourth-order valence-electron chi connectivity index (χ4n) is 3.95. The van der Waals surface area contributed by atoms with Gasteiger partial charge in [0.15, 0.2) is 0 Å². The molecule has 2 aliphatic rings. The van der Waals surface area contributed by atoms with Crippen molar-refractivity contribution in [3.05, 3.63) is 0 Å². The van der Waals surface area contributed by atoms with Gasteiger partial charge in [0.25, 0.3) is 0 Å². The topological polar surface area (TPSA) is 29.3 Å². The highest BCUT2D eigenvalue weighted by Crippen LogP contribution is 2.44. The highest BCUT2D eigenvalue weighted by Gasteiger charge is 2.43. The van der Waals surface area contributed by atoms with Gasteiger partial charge in [-0.25, -0.2) is 0 Å². The van der Waals surface area contributed by atoms with Crippen molar-refractivity contribution in [1.82, 2.24) is 4.90 Å². The zero-order valence-electron chi connectivity index (χ0n) is 12.7. The Morgan fingerprint density at radius 2 is 1.83 bits per heavy atom. The minimum absolute atomic E-state index is 0.345. The van der Waals surface area contributed by atoms with E-state index in [0.29, 0.717) is 11.0 Å². The van der Waals surface area contributed by atoms with E-state index in [4.69, 9.17) is 5.73 Å². The van der Waals surface area contributed by atoms with Gasteiger partial charge in [0.2, 0.25) is 0 Å². The summed E-state index contributed by atoms with van der Waals surface area (Å²) in [4.78, 5) is 2.75. The lowest BCUT2D eigenvalue weighted by Crippen LogP contribution is -2.55. The third-order valence-corrected chi connectivity index (χ3v) is 5.57. The minimum atomic E-state index is 0.345. The first-order valence-electron chi connectivity index (χ1n) is 7.96. The van der Waals surface area contributed by atoms with Crippen LogP contribution >= 0.6 is 0 Å². The fraction of sp³-hybridized carbons (Fsp3) is 1.00. The number of hydrogen-bond donors (Lipinski definition) is 1. The third-order valence-electron chi connectivity index (χ3n) is 5.57. The monoisotopic (exact) mass is 252 g/mol. The summed E-state index contributed by atoms with van der Waals surface area (Å²) in [6, 6.07) is 0. The van der Waals surface area contributed by atoms with Crippen LogP contribution in [-0.4, -0.2) is 30.1 Å². The van der Waals surface area contributed by atoms with Crippen LogP contribution in [0.4, 0.5) is 0 Å². The molecule has 0 aromatic rings. The second kappa shape index (κ2) is 5.50. The molecule has 0 bridgehead atoms. The molecule has 1 saturated heterocycles. The van der Waals surface area contributed by atoms with Gasteiger partial charge in [-0.3, -0.25) is 4.90 Å². The molecule has 2 heteroatoms. The number of nitrogens with two attached hydrogens (primary N) is 1. The van der Waals surface area contributed by atoms with Gasteiger partial charge in [-0.15, -0.1) is 0 Å². The van der Waals surface area contributed by atoms with E-state index in [0.717, 1.165) is 12.5 Å². The molecule has 0 aromatic heterocycles. The van der Waals surface area contributed by atoms with Crippen LogP contribution in [0.15, 0.2) is 0 Å². The van der Waals surface area contributed by atoms with Gasteiger partial charge < -0.3 is 5.73 Å². The zero-order valence-corrected chi connectivity index (χ0v) is 12.7. The van der Waals surface area contributed by atoms with E-state index < -0.39 is 0 Å². The molecule has 18 heavy (non-hydrogen) atoms. The smallest absolute Gasteiger partial charge is 0.0332 e. The Labute approximate surface area is 113 Å². The predicted molar refractivity (Wildman–Crippen MR) is 78.6 cm³/mol. The summed E-state index contributed by atoms with van der Waals surface area (Å²) in [5.41, 5.74) is 7.07. The highest BCUT2D eigenvalue weighted by atomic mass is 15.2. The SMILES string of the molecule is CCCC1CCN(C2(CN)CCC(C)(C)CC2)C1. The lowest BCUT2D eigenvalue weighted by atomic mass is 9.68. The number of hydrogen-bond acceptors (Lipinski definition) is 2. The summed E-state index contributed by atoms with van der Waals surface area (Å²) >= 11 is 0. The molecule has 2 N–H and O–H groups in total. The molecule has 0 radical (unpaired) electrons. The summed E-state index contributed by atoms with van der Waals surface area (Å²) in [7, 11) is 0. The van der Waals surface area contributed by atoms with Crippen LogP contribution in [0.3, 0.4) is 0 Å². The maximum Gasteiger partial charge on any atom is 0.0332 e.